The number of esters is 1. The number of ether oxygens (including phenoxy) is 1. The van der Waals surface area contributed by atoms with Crippen molar-refractivity contribution in [3.05, 3.63) is 28.2 Å². The molecule has 4 nitrogen and oxygen atoms in total. The summed E-state index contributed by atoms with van der Waals surface area (Å²) in [5.41, 5.74) is 1.11. The minimum Gasteiger partial charge on any atom is -0.455 e. The summed E-state index contributed by atoms with van der Waals surface area (Å²) < 4.78 is 6.17. The highest BCUT2D eigenvalue weighted by molar-refractivity contribution is 9.10. The van der Waals surface area contributed by atoms with Gasteiger partial charge in [-0.3, -0.25) is 9.59 Å². The Morgan fingerprint density at radius 1 is 1.29 bits per heavy atom. The van der Waals surface area contributed by atoms with Crippen molar-refractivity contribution in [2.75, 3.05) is 25.4 Å². The summed E-state index contributed by atoms with van der Waals surface area (Å²) >= 11 is 4.85. The summed E-state index contributed by atoms with van der Waals surface area (Å²) in [6, 6.07) is 5.93. The Hall–Kier alpha value is -1.01. The Morgan fingerprint density at radius 2 is 1.96 bits per heavy atom. The Morgan fingerprint density at radius 3 is 2.58 bits per heavy atom. The van der Waals surface area contributed by atoms with E-state index in [4.69, 9.17) is 4.74 Å². The maximum absolute atomic E-state index is 12.2. The highest BCUT2D eigenvalue weighted by atomic mass is 79.9. The number of rotatable bonds is 5. The van der Waals surface area contributed by atoms with E-state index < -0.39 is 0 Å². The van der Waals surface area contributed by atoms with Gasteiger partial charge in [-0.15, -0.1) is 11.8 Å². The van der Waals surface area contributed by atoms with Crippen molar-refractivity contribution in [1.29, 1.82) is 0 Å². The zero-order valence-corrected chi connectivity index (χ0v) is 16.8. The molecule has 2 atom stereocenters. The quantitative estimate of drug-likeness (QED) is 0.542. The summed E-state index contributed by atoms with van der Waals surface area (Å²) in [4.78, 5) is 26.9. The van der Waals surface area contributed by atoms with Crippen LogP contribution in [0.15, 0.2) is 27.6 Å². The van der Waals surface area contributed by atoms with Crippen LogP contribution in [0.2, 0.25) is 0 Å². The molecule has 6 heteroatoms. The Kier molecular flexibility index (Phi) is 7.16. The van der Waals surface area contributed by atoms with Crippen LogP contribution in [-0.2, 0) is 14.3 Å². The largest absolute Gasteiger partial charge is 0.455 e. The lowest BCUT2D eigenvalue weighted by molar-refractivity contribution is -0.151. The zero-order chi connectivity index (χ0) is 17.7. The molecule has 0 radical (unpaired) electrons. The fourth-order valence-corrected chi connectivity index (χ4v) is 4.34. The van der Waals surface area contributed by atoms with Crippen LogP contribution in [0, 0.1) is 18.8 Å². The van der Waals surface area contributed by atoms with E-state index in [2.05, 4.69) is 29.8 Å². The monoisotopic (exact) mass is 413 g/mol. The molecule has 1 amide bonds. The maximum Gasteiger partial charge on any atom is 0.316 e. The maximum atomic E-state index is 12.2. The van der Waals surface area contributed by atoms with Crippen LogP contribution < -0.4 is 0 Å². The van der Waals surface area contributed by atoms with Gasteiger partial charge in [0.2, 0.25) is 0 Å². The second-order valence-electron chi connectivity index (χ2n) is 6.60. The molecule has 2 rings (SSSR count). The van der Waals surface area contributed by atoms with Crippen LogP contribution in [0.5, 0.6) is 0 Å². The molecule has 1 heterocycles. The van der Waals surface area contributed by atoms with Gasteiger partial charge in [0.1, 0.15) is 0 Å². The first-order valence-electron chi connectivity index (χ1n) is 8.17. The predicted molar refractivity (Wildman–Crippen MR) is 100 cm³/mol. The van der Waals surface area contributed by atoms with E-state index in [-0.39, 0.29) is 24.2 Å². The van der Waals surface area contributed by atoms with Gasteiger partial charge in [0, 0.05) is 22.5 Å². The number of nitrogens with zero attached hydrogens (tertiary/aromatic N) is 1. The first kappa shape index (κ1) is 19.3. The molecule has 0 aromatic heterocycles. The summed E-state index contributed by atoms with van der Waals surface area (Å²) in [6.07, 6.45) is 1.15. The molecular formula is C18H24BrNO3S. The van der Waals surface area contributed by atoms with Crippen LogP contribution in [-0.4, -0.2) is 42.2 Å². The average molecular weight is 414 g/mol. The number of hydrogen-bond donors (Lipinski definition) is 0. The normalized spacial score (nSPS) is 20.8. The number of carbonyl (C=O) groups excluding carboxylic acids is 2. The molecule has 24 heavy (non-hydrogen) atoms. The number of thioether (sulfide) groups is 1. The molecular weight excluding hydrogens is 390 g/mol. The fourth-order valence-electron chi connectivity index (χ4n) is 3.05. The van der Waals surface area contributed by atoms with Crippen molar-refractivity contribution in [2.24, 2.45) is 11.8 Å². The van der Waals surface area contributed by atoms with Gasteiger partial charge in [0.15, 0.2) is 6.61 Å². The molecule has 1 aromatic rings. The lowest BCUT2D eigenvalue weighted by Gasteiger charge is -2.34. The van der Waals surface area contributed by atoms with Gasteiger partial charge in [0.25, 0.3) is 5.91 Å². The molecule has 0 unspecified atom stereocenters. The van der Waals surface area contributed by atoms with Gasteiger partial charge in [-0.05, 0) is 48.9 Å². The number of amides is 1. The number of carbonyl (C=O) groups is 2. The van der Waals surface area contributed by atoms with Crippen molar-refractivity contribution in [3.63, 3.8) is 0 Å². The molecule has 0 N–H and O–H groups in total. The SMILES string of the molecule is Cc1cc(Br)ccc1SCC(=O)OCC(=O)N1C[C@H](C)C[C@@H](C)C1. The van der Waals surface area contributed by atoms with Gasteiger partial charge in [-0.1, -0.05) is 29.8 Å². The van der Waals surface area contributed by atoms with Crippen molar-refractivity contribution in [2.45, 2.75) is 32.1 Å². The topological polar surface area (TPSA) is 46.6 Å². The molecule has 0 aliphatic carbocycles. The van der Waals surface area contributed by atoms with E-state index >= 15 is 0 Å². The lowest BCUT2D eigenvalue weighted by Crippen LogP contribution is -2.44. The third-order valence-electron chi connectivity index (χ3n) is 4.06. The van der Waals surface area contributed by atoms with E-state index in [9.17, 15) is 9.59 Å². The van der Waals surface area contributed by atoms with Gasteiger partial charge >= 0.3 is 5.97 Å². The second-order valence-corrected chi connectivity index (χ2v) is 8.54. The minimum atomic E-state index is -0.353. The van der Waals surface area contributed by atoms with Gasteiger partial charge in [-0.25, -0.2) is 0 Å². The number of halogens is 1. The smallest absolute Gasteiger partial charge is 0.316 e. The average Bonchev–Trinajstić information content (AvgIpc) is 2.50. The molecule has 0 spiro atoms. The summed E-state index contributed by atoms with van der Waals surface area (Å²) in [5, 5.41) is 0. The molecule has 0 saturated carbocycles. The first-order valence-corrected chi connectivity index (χ1v) is 9.95. The van der Waals surface area contributed by atoms with E-state index in [0.717, 1.165) is 34.4 Å². The molecule has 1 aromatic carbocycles. The van der Waals surface area contributed by atoms with Crippen molar-refractivity contribution in [1.82, 2.24) is 4.90 Å². The Labute approximate surface area is 156 Å². The summed E-state index contributed by atoms with van der Waals surface area (Å²) in [6.45, 7) is 7.66. The van der Waals surface area contributed by atoms with Gasteiger partial charge in [0.05, 0.1) is 5.75 Å². The minimum absolute atomic E-state index is 0.0911. The third kappa shape index (κ3) is 5.81. The number of aryl methyl sites for hydroxylation is 1. The van der Waals surface area contributed by atoms with Crippen molar-refractivity contribution in [3.8, 4) is 0 Å². The molecule has 1 aliphatic rings. The standard InChI is InChI=1S/C18H24BrNO3S/c1-12-6-13(2)9-20(8-12)17(21)10-23-18(22)11-24-16-5-4-15(19)7-14(16)3/h4-5,7,12-13H,6,8-11H2,1-3H3/t12-,13-/m1/s1. The predicted octanol–water partition coefficient (Wildman–Crippen LogP) is 3.90. The zero-order valence-electron chi connectivity index (χ0n) is 14.4. The van der Waals surface area contributed by atoms with Crippen LogP contribution >= 0.6 is 27.7 Å². The van der Waals surface area contributed by atoms with Gasteiger partial charge < -0.3 is 9.64 Å². The van der Waals surface area contributed by atoms with E-state index in [1.807, 2.05) is 30.0 Å². The second kappa shape index (κ2) is 8.90. The number of likely N-dealkylation sites (tertiary alicyclic amines) is 1. The lowest BCUT2D eigenvalue weighted by atomic mass is 9.92. The van der Waals surface area contributed by atoms with E-state index in [1.165, 1.54) is 11.8 Å². The molecule has 132 valence electrons. The van der Waals surface area contributed by atoms with Crippen molar-refractivity contribution >= 4 is 39.6 Å². The van der Waals surface area contributed by atoms with Gasteiger partial charge in [-0.2, -0.15) is 0 Å². The summed E-state index contributed by atoms with van der Waals surface area (Å²) in [5.74, 6) is 0.775. The third-order valence-corrected chi connectivity index (χ3v) is 5.70. The first-order chi connectivity index (χ1) is 11.3. The fraction of sp³-hybridized carbons (Fsp3) is 0.556. The summed E-state index contributed by atoms with van der Waals surface area (Å²) in [7, 11) is 0. The van der Waals surface area contributed by atoms with Crippen LogP contribution in [0.4, 0.5) is 0 Å². The number of piperidine rings is 1. The Balaban J connectivity index is 1.75. The molecule has 1 saturated heterocycles. The molecule has 1 fully saturated rings. The van der Waals surface area contributed by atoms with E-state index in [0.29, 0.717) is 11.8 Å². The van der Waals surface area contributed by atoms with Crippen LogP contribution in [0.3, 0.4) is 0 Å². The molecule has 1 aliphatic heterocycles. The number of hydrogen-bond acceptors (Lipinski definition) is 4. The molecule has 0 bridgehead atoms. The highest BCUT2D eigenvalue weighted by Crippen LogP contribution is 2.25. The Bertz CT molecular complexity index is 598. The van der Waals surface area contributed by atoms with E-state index in [1.54, 1.807) is 0 Å². The van der Waals surface area contributed by atoms with Crippen LogP contribution in [0.1, 0.15) is 25.8 Å². The highest BCUT2D eigenvalue weighted by Gasteiger charge is 2.25. The van der Waals surface area contributed by atoms with Crippen molar-refractivity contribution < 1.29 is 14.3 Å². The van der Waals surface area contributed by atoms with Crippen LogP contribution in [0.25, 0.3) is 0 Å². The number of benzene rings is 1.